The van der Waals surface area contributed by atoms with Gasteiger partial charge in [0.05, 0.1) is 42.0 Å². The third kappa shape index (κ3) is 28.9. The molecule has 0 spiro atoms. The molecule has 3 aromatic carbocycles. The van der Waals surface area contributed by atoms with Crippen LogP contribution in [0.5, 0.6) is 17.5 Å². The molecule has 566 valence electrons. The summed E-state index contributed by atoms with van der Waals surface area (Å²) in [5, 5.41) is 29.8. The van der Waals surface area contributed by atoms with Gasteiger partial charge in [0.2, 0.25) is 29.6 Å². The number of ether oxygens (including phenoxy) is 3. The number of rotatable bonds is 40. The summed E-state index contributed by atoms with van der Waals surface area (Å²) in [6.07, 6.45) is 15.0. The van der Waals surface area contributed by atoms with Crippen LogP contribution in [0, 0.1) is 12.3 Å². The van der Waals surface area contributed by atoms with Gasteiger partial charge >= 0.3 is 12.1 Å². The number of hydrogen-bond acceptors (Lipinski definition) is 21. The van der Waals surface area contributed by atoms with E-state index in [1.165, 1.54) is 17.0 Å². The summed E-state index contributed by atoms with van der Waals surface area (Å²) < 4.78 is 38.8. The number of terminal acetylenes is 1. The van der Waals surface area contributed by atoms with Gasteiger partial charge in [-0.3, -0.25) is 28.8 Å². The van der Waals surface area contributed by atoms with Crippen LogP contribution in [0.1, 0.15) is 155 Å². The Balaban J connectivity index is 0.000000396. The number of hydrogen-bond donors (Lipinski definition) is 6. The minimum Gasteiger partial charge on any atom is -0.508 e. The Morgan fingerprint density at radius 3 is 2.11 bits per heavy atom. The number of carbonyl (C=O) groups is 7. The number of halogens is 1. The predicted octanol–water partition coefficient (Wildman–Crippen LogP) is 12.0. The lowest BCUT2D eigenvalue weighted by Crippen LogP contribution is -2.46. The number of amides is 4. The third-order valence-corrected chi connectivity index (χ3v) is 21.7. The first kappa shape index (κ1) is 84.6. The van der Waals surface area contributed by atoms with Crippen LogP contribution in [0.2, 0.25) is 0 Å². The number of unbranched alkanes of at least 4 members (excludes halogenated alkanes) is 6. The fourth-order valence-corrected chi connectivity index (χ4v) is 13.4. The molecule has 2 atom stereocenters. The van der Waals surface area contributed by atoms with Crippen LogP contribution in [0.25, 0.3) is 44.3 Å². The molecule has 2 unspecified atom stereocenters. The number of benzene rings is 4. The van der Waals surface area contributed by atoms with Crippen LogP contribution in [0.4, 0.5) is 16.7 Å². The highest BCUT2D eigenvalue weighted by molar-refractivity contribution is 9.10. The Bertz CT molecular complexity index is 4130. The number of likely N-dealkylation sites (N-methyl/N-ethyl adjacent to an activating group) is 1. The van der Waals surface area contributed by atoms with Crippen molar-refractivity contribution in [3.8, 4) is 52.3 Å². The Kier molecular flexibility index (Phi) is 35.8. The average Bonchev–Trinajstić information content (AvgIpc) is 0.760. The lowest BCUT2D eigenvalue weighted by molar-refractivity contribution is -0.122. The average molecular weight is 1530 g/mol. The van der Waals surface area contributed by atoms with Crippen molar-refractivity contribution in [2.75, 3.05) is 95.7 Å². The van der Waals surface area contributed by atoms with Crippen molar-refractivity contribution in [3.63, 3.8) is 0 Å². The van der Waals surface area contributed by atoms with Gasteiger partial charge in [0.25, 0.3) is 0 Å². The van der Waals surface area contributed by atoms with Gasteiger partial charge in [-0.2, -0.15) is 15.0 Å². The fourth-order valence-electron chi connectivity index (χ4n) is 11.3. The molecule has 28 heteroatoms. The summed E-state index contributed by atoms with van der Waals surface area (Å²) in [5.74, 6) is 3.44. The molecule has 1 saturated heterocycles. The van der Waals surface area contributed by atoms with Gasteiger partial charge in [0, 0.05) is 138 Å². The number of piperazine rings is 1. The number of anilines is 2. The van der Waals surface area contributed by atoms with Crippen molar-refractivity contribution in [1.29, 1.82) is 0 Å². The topological polar surface area (TPSA) is 358 Å². The highest BCUT2D eigenvalue weighted by atomic mass is 79.9. The largest absolute Gasteiger partial charge is 0.508 e. The molecular weight excluding hydrogens is 1430 g/mol. The first-order chi connectivity index (χ1) is 50.4. The number of aromatic nitrogens is 4. The van der Waals surface area contributed by atoms with E-state index < -0.39 is 25.4 Å². The SMILES string of the molecule is C#CCNC(=O)CCCCCNC(=O)OC(CCCC(=O)CCCCC(=O)NCCOCCOc1nc(N(C)CC(N)=O)nc(N2CCN(P(C)(=O)C(C)C)CC2)n1)c1ccc2ccc(O)c(Br)c2n1.CCC(=O)CCCCCCC(C)=O.O=c1ccc2c(-c3ccccc3)c3ccc(O)cc3oc-2c1. The molecular formula is C77H101BrN11O15P. The van der Waals surface area contributed by atoms with Gasteiger partial charge in [-0.25, -0.2) is 14.4 Å². The number of alkyl carbamates (subject to hydrolysis) is 1. The number of fused-ring (bicyclic) bond motifs is 3. The molecule has 1 aliphatic carbocycles. The second-order valence-electron chi connectivity index (χ2n) is 26.0. The minimum absolute atomic E-state index is 0.0215. The lowest BCUT2D eigenvalue weighted by Gasteiger charge is -2.39. The van der Waals surface area contributed by atoms with Crippen LogP contribution in [0.15, 0.2) is 105 Å². The predicted molar refractivity (Wildman–Crippen MR) is 410 cm³/mol. The maximum Gasteiger partial charge on any atom is 0.407 e. The molecule has 105 heavy (non-hydrogen) atoms. The standard InChI is InChI=1S/C47H69BrN11O10P.C19H12O3.C11H20O2/c1-6-22-50-40(63)16-8-7-11-23-52-47(65)69-38(36-20-18-34-19-21-37(61)42(48)43(34)53-36)15-12-14-35(60)13-9-10-17-41(64)51-24-29-67-30-31-68-46-55-44(57(4)32-39(49)62)54-45(56-46)58-25-27-59(28-26-58)70(5,66)33(2)3;20-13-6-8-15-17(10-13)22-18-11-14(21)7-9-16(18)19(15)12-4-2-1-3-5-12;1-3-11(13)9-7-5-4-6-8-10(2)12/h1,18-21,33,38,61H,7-17,22-32H2,2-5H3,(H2,49,62)(H,50,63)(H,51,64)(H,52,65);1-11,20H;3-9H2,1-2H3. The quantitative estimate of drug-likeness (QED) is 0.00899. The smallest absolute Gasteiger partial charge is 0.407 e. The molecule has 2 aromatic heterocycles. The number of nitrogens with zero attached hydrogens (tertiary/aromatic N) is 7. The van der Waals surface area contributed by atoms with Crippen molar-refractivity contribution in [2.45, 2.75) is 155 Å². The maximum absolute atomic E-state index is 13.2. The van der Waals surface area contributed by atoms with Crippen molar-refractivity contribution < 1.29 is 67.0 Å². The summed E-state index contributed by atoms with van der Waals surface area (Å²) in [5.41, 5.74) is 9.79. The molecule has 0 bridgehead atoms. The Morgan fingerprint density at radius 1 is 0.743 bits per heavy atom. The summed E-state index contributed by atoms with van der Waals surface area (Å²) in [7, 11) is -0.844. The number of nitrogens with two attached hydrogens (primary N) is 1. The summed E-state index contributed by atoms with van der Waals surface area (Å²) >= 11 is 3.39. The van der Waals surface area contributed by atoms with E-state index >= 15 is 0 Å². The number of phenolic OH excluding ortho intramolecular Hbond substituents is 2. The molecule has 8 rings (SSSR count). The van der Waals surface area contributed by atoms with Crippen LogP contribution in [-0.2, 0) is 42.8 Å². The number of primary amides is 1. The molecule has 7 N–H and O–H groups in total. The number of phenols is 2. The molecule has 4 amide bonds. The highest BCUT2D eigenvalue weighted by Gasteiger charge is 2.33. The molecule has 5 aromatic rings. The summed E-state index contributed by atoms with van der Waals surface area (Å²) in [6.45, 7) is 12.8. The van der Waals surface area contributed by atoms with Gasteiger partial charge in [-0.1, -0.05) is 82.4 Å². The normalized spacial score (nSPS) is 12.9. The van der Waals surface area contributed by atoms with Gasteiger partial charge in [0.15, 0.2) is 5.43 Å². The second kappa shape index (κ2) is 44.5. The van der Waals surface area contributed by atoms with Crippen LogP contribution in [0.3, 0.4) is 0 Å². The Morgan fingerprint density at radius 2 is 1.41 bits per heavy atom. The highest BCUT2D eigenvalue weighted by Crippen LogP contribution is 2.51. The van der Waals surface area contributed by atoms with Crippen molar-refractivity contribution >= 4 is 98.2 Å². The third-order valence-electron chi connectivity index (χ3n) is 17.4. The molecule has 26 nitrogen and oxygen atoms in total. The minimum atomic E-state index is -2.48. The van der Waals surface area contributed by atoms with Gasteiger partial charge < -0.3 is 69.7 Å². The Labute approximate surface area is 622 Å². The number of ketones is 3. The molecule has 4 heterocycles. The summed E-state index contributed by atoms with van der Waals surface area (Å²) in [6, 6.07) is 26.7. The zero-order valence-electron chi connectivity index (χ0n) is 61.1. The van der Waals surface area contributed by atoms with Crippen molar-refractivity contribution in [3.05, 3.63) is 111 Å². The number of nitrogens with one attached hydrogen (secondary N) is 3. The van der Waals surface area contributed by atoms with E-state index in [9.17, 15) is 53.1 Å². The molecule has 0 saturated carbocycles. The van der Waals surface area contributed by atoms with Crippen molar-refractivity contribution in [2.24, 2.45) is 5.73 Å². The van der Waals surface area contributed by atoms with E-state index in [0.29, 0.717) is 136 Å². The molecule has 1 fully saturated rings. The number of Topliss-reactive ketones (excluding diaryl/α,β-unsaturated/α-hetero) is 3. The van der Waals surface area contributed by atoms with Crippen LogP contribution < -0.4 is 41.6 Å². The zero-order valence-corrected chi connectivity index (χ0v) is 63.6. The first-order valence-corrected chi connectivity index (χ1v) is 38.8. The van der Waals surface area contributed by atoms with E-state index in [4.69, 9.17) is 30.8 Å². The van der Waals surface area contributed by atoms with E-state index in [1.807, 2.05) is 79.5 Å². The lowest BCUT2D eigenvalue weighted by atomic mass is 9.94. The number of aromatic hydroxyl groups is 2. The zero-order chi connectivity index (χ0) is 76.3. The van der Waals surface area contributed by atoms with Gasteiger partial charge in [0.1, 0.15) is 60.2 Å². The van der Waals surface area contributed by atoms with E-state index in [-0.39, 0.29) is 110 Å². The fraction of sp³-hybridized carbons (Fsp3) is 0.481. The van der Waals surface area contributed by atoms with Crippen molar-refractivity contribution in [1.82, 2.24) is 40.6 Å². The van der Waals surface area contributed by atoms with Crippen LogP contribution in [-0.4, -0.2) is 168 Å². The van der Waals surface area contributed by atoms with E-state index in [1.54, 1.807) is 50.4 Å². The molecule has 2 aliphatic heterocycles. The monoisotopic (exact) mass is 1530 g/mol. The summed E-state index contributed by atoms with van der Waals surface area (Å²) in [4.78, 5) is 116. The van der Waals surface area contributed by atoms with Crippen LogP contribution >= 0.6 is 23.2 Å². The van der Waals surface area contributed by atoms with E-state index in [0.717, 1.165) is 66.0 Å². The van der Waals surface area contributed by atoms with Gasteiger partial charge in [-0.15, -0.1) is 6.42 Å². The maximum atomic E-state index is 13.2. The first-order valence-electron chi connectivity index (χ1n) is 35.9. The Hall–Kier alpha value is -9.35. The molecule has 0 radical (unpaired) electrons. The van der Waals surface area contributed by atoms with Gasteiger partial charge in [-0.05, 0) is 122 Å². The number of pyridine rings is 1. The molecule has 3 aliphatic rings. The van der Waals surface area contributed by atoms with E-state index in [2.05, 4.69) is 57.7 Å². The number of carbonyl (C=O) groups excluding carboxylic acids is 7. The second-order valence-corrected chi connectivity index (χ2v) is 30.3.